The van der Waals surface area contributed by atoms with Gasteiger partial charge in [0.2, 0.25) is 0 Å². The van der Waals surface area contributed by atoms with Crippen LogP contribution in [0.4, 0.5) is 5.69 Å². The second-order valence-electron chi connectivity index (χ2n) is 5.35. The molecule has 0 aliphatic rings. The molecule has 0 aliphatic carbocycles. The summed E-state index contributed by atoms with van der Waals surface area (Å²) in [6.07, 6.45) is 1.80. The van der Waals surface area contributed by atoms with E-state index < -0.39 is 0 Å². The summed E-state index contributed by atoms with van der Waals surface area (Å²) in [6.45, 7) is 4.42. The average molecular weight is 342 g/mol. The molecule has 3 rings (SSSR count). The third kappa shape index (κ3) is 3.37. The second kappa shape index (κ2) is 6.94. The Kier molecular flexibility index (Phi) is 4.73. The molecule has 0 atom stereocenters. The van der Waals surface area contributed by atoms with Gasteiger partial charge in [-0.1, -0.05) is 0 Å². The summed E-state index contributed by atoms with van der Waals surface area (Å²) >= 11 is 1.41. The number of nitrogens with one attached hydrogen (secondary N) is 1. The van der Waals surface area contributed by atoms with Crippen molar-refractivity contribution in [1.82, 2.24) is 14.5 Å². The van der Waals surface area contributed by atoms with Gasteiger partial charge in [-0.2, -0.15) is 0 Å². The first-order valence-electron chi connectivity index (χ1n) is 7.44. The highest BCUT2D eigenvalue weighted by molar-refractivity contribution is 7.09. The molecule has 2 heterocycles. The summed E-state index contributed by atoms with van der Waals surface area (Å²) in [5.41, 5.74) is 4.22. The molecule has 3 aromatic rings. The van der Waals surface area contributed by atoms with Crippen LogP contribution in [-0.4, -0.2) is 27.6 Å². The van der Waals surface area contributed by atoms with E-state index in [1.807, 2.05) is 42.7 Å². The lowest BCUT2D eigenvalue weighted by molar-refractivity contribution is 0.102. The van der Waals surface area contributed by atoms with E-state index in [1.54, 1.807) is 18.8 Å². The minimum absolute atomic E-state index is 0.226. The summed E-state index contributed by atoms with van der Waals surface area (Å²) in [6, 6.07) is 7.62. The van der Waals surface area contributed by atoms with E-state index in [2.05, 4.69) is 15.3 Å². The first-order chi connectivity index (χ1) is 11.6. The molecule has 0 saturated carbocycles. The average Bonchev–Trinajstić information content (AvgIpc) is 3.17. The number of thiazole rings is 1. The van der Waals surface area contributed by atoms with Gasteiger partial charge in [0.15, 0.2) is 0 Å². The van der Waals surface area contributed by atoms with Crippen molar-refractivity contribution in [2.45, 2.75) is 20.5 Å². The zero-order valence-corrected chi connectivity index (χ0v) is 14.6. The first-order valence-corrected chi connectivity index (χ1v) is 8.32. The lowest BCUT2D eigenvalue weighted by Gasteiger charge is -2.08. The van der Waals surface area contributed by atoms with Crippen molar-refractivity contribution in [3.8, 4) is 5.69 Å². The van der Waals surface area contributed by atoms with E-state index in [0.717, 1.165) is 27.8 Å². The number of nitrogens with zero attached hydrogens (tertiary/aromatic N) is 3. The molecule has 7 heteroatoms. The van der Waals surface area contributed by atoms with E-state index >= 15 is 0 Å². The van der Waals surface area contributed by atoms with Crippen LogP contribution in [0.3, 0.4) is 0 Å². The van der Waals surface area contributed by atoms with Gasteiger partial charge in [0.05, 0.1) is 18.6 Å². The highest BCUT2D eigenvalue weighted by Crippen LogP contribution is 2.18. The molecule has 0 fully saturated rings. The van der Waals surface area contributed by atoms with Crippen molar-refractivity contribution >= 4 is 22.9 Å². The standard InChI is InChI=1S/C17H18N4O2S/c1-11-12(2)21(10-18-11)14-6-4-13(5-7-14)19-17(22)15-9-24-16(20-15)8-23-3/h4-7,9-10H,8H2,1-3H3,(H,19,22). The SMILES string of the molecule is COCc1nc(C(=O)Nc2ccc(-n3cnc(C)c3C)cc2)cs1. The molecule has 0 radical (unpaired) electrons. The normalized spacial score (nSPS) is 10.8. The van der Waals surface area contributed by atoms with Gasteiger partial charge < -0.3 is 14.6 Å². The number of rotatable bonds is 5. The Hall–Kier alpha value is -2.51. The van der Waals surface area contributed by atoms with E-state index in [-0.39, 0.29) is 5.91 Å². The number of hydrogen-bond acceptors (Lipinski definition) is 5. The van der Waals surface area contributed by atoms with Crippen LogP contribution in [0.25, 0.3) is 5.69 Å². The molecule has 0 bridgehead atoms. The number of carbonyl (C=O) groups is 1. The quantitative estimate of drug-likeness (QED) is 0.772. The molecule has 0 aliphatic heterocycles. The minimum atomic E-state index is -0.226. The largest absolute Gasteiger partial charge is 0.378 e. The number of aryl methyl sites for hydroxylation is 1. The maximum Gasteiger partial charge on any atom is 0.275 e. The number of imidazole rings is 1. The lowest BCUT2D eigenvalue weighted by atomic mass is 10.2. The predicted octanol–water partition coefficient (Wildman–Crippen LogP) is 3.34. The maximum atomic E-state index is 12.2. The molecule has 1 amide bonds. The molecule has 24 heavy (non-hydrogen) atoms. The lowest BCUT2D eigenvalue weighted by Crippen LogP contribution is -2.12. The van der Waals surface area contributed by atoms with Crippen LogP contribution in [-0.2, 0) is 11.3 Å². The third-order valence-electron chi connectivity index (χ3n) is 3.71. The number of anilines is 1. The number of amides is 1. The number of ether oxygens (including phenoxy) is 1. The topological polar surface area (TPSA) is 69.0 Å². The Balaban J connectivity index is 1.71. The van der Waals surface area contributed by atoms with Crippen molar-refractivity contribution in [2.75, 3.05) is 12.4 Å². The fourth-order valence-electron chi connectivity index (χ4n) is 2.26. The Bertz CT molecular complexity index is 852. The smallest absolute Gasteiger partial charge is 0.275 e. The number of carbonyl (C=O) groups excluding carboxylic acids is 1. The monoisotopic (exact) mass is 342 g/mol. The molecule has 0 unspecified atom stereocenters. The Morgan fingerprint density at radius 1 is 1.29 bits per heavy atom. The van der Waals surface area contributed by atoms with Crippen molar-refractivity contribution in [3.63, 3.8) is 0 Å². The zero-order valence-electron chi connectivity index (χ0n) is 13.7. The van der Waals surface area contributed by atoms with Crippen molar-refractivity contribution in [1.29, 1.82) is 0 Å². The number of methoxy groups -OCH3 is 1. The summed E-state index contributed by atoms with van der Waals surface area (Å²) in [4.78, 5) is 20.8. The van der Waals surface area contributed by atoms with Crippen molar-refractivity contribution in [3.05, 3.63) is 58.1 Å². The van der Waals surface area contributed by atoms with Crippen LogP contribution in [0.15, 0.2) is 36.0 Å². The molecule has 0 spiro atoms. The highest BCUT2D eigenvalue weighted by Gasteiger charge is 2.11. The van der Waals surface area contributed by atoms with Crippen LogP contribution in [0.5, 0.6) is 0 Å². The number of aromatic nitrogens is 3. The fraction of sp³-hybridized carbons (Fsp3) is 0.235. The van der Waals surface area contributed by atoms with E-state index in [0.29, 0.717) is 12.3 Å². The van der Waals surface area contributed by atoms with Crippen LogP contribution in [0, 0.1) is 13.8 Å². The molecule has 124 valence electrons. The Morgan fingerprint density at radius 2 is 2.04 bits per heavy atom. The van der Waals surface area contributed by atoms with E-state index in [1.165, 1.54) is 11.3 Å². The molecule has 2 aromatic heterocycles. The molecule has 6 nitrogen and oxygen atoms in total. The molecule has 1 aromatic carbocycles. The van der Waals surface area contributed by atoms with Crippen LogP contribution in [0.1, 0.15) is 26.9 Å². The van der Waals surface area contributed by atoms with Gasteiger partial charge in [-0.3, -0.25) is 4.79 Å². The summed E-state index contributed by atoms with van der Waals surface area (Å²) in [5, 5.41) is 5.36. The van der Waals surface area contributed by atoms with Crippen molar-refractivity contribution in [2.24, 2.45) is 0 Å². The summed E-state index contributed by atoms with van der Waals surface area (Å²) < 4.78 is 7.03. The first kappa shape index (κ1) is 16.4. The van der Waals surface area contributed by atoms with Crippen molar-refractivity contribution < 1.29 is 9.53 Å². The third-order valence-corrected chi connectivity index (χ3v) is 4.53. The molecule has 0 saturated heterocycles. The Morgan fingerprint density at radius 3 is 2.67 bits per heavy atom. The zero-order chi connectivity index (χ0) is 17.1. The number of benzene rings is 1. The summed E-state index contributed by atoms with van der Waals surface area (Å²) in [7, 11) is 1.60. The van der Waals surface area contributed by atoms with Crippen LogP contribution in [0.2, 0.25) is 0 Å². The van der Waals surface area contributed by atoms with Gasteiger partial charge in [0.25, 0.3) is 5.91 Å². The highest BCUT2D eigenvalue weighted by atomic mass is 32.1. The summed E-state index contributed by atoms with van der Waals surface area (Å²) in [5.74, 6) is -0.226. The van der Waals surface area contributed by atoms with E-state index in [9.17, 15) is 4.79 Å². The predicted molar refractivity (Wildman–Crippen MR) is 93.8 cm³/mol. The van der Waals surface area contributed by atoms with Gasteiger partial charge in [-0.25, -0.2) is 9.97 Å². The van der Waals surface area contributed by atoms with Gasteiger partial charge >= 0.3 is 0 Å². The number of hydrogen-bond donors (Lipinski definition) is 1. The van der Waals surface area contributed by atoms with Gasteiger partial charge in [0.1, 0.15) is 10.7 Å². The molecular weight excluding hydrogens is 324 g/mol. The van der Waals surface area contributed by atoms with Gasteiger partial charge in [0, 0.05) is 29.6 Å². The van der Waals surface area contributed by atoms with Gasteiger partial charge in [-0.15, -0.1) is 11.3 Å². The van der Waals surface area contributed by atoms with E-state index in [4.69, 9.17) is 4.74 Å². The van der Waals surface area contributed by atoms with Crippen LogP contribution < -0.4 is 5.32 Å². The molecule has 1 N–H and O–H groups in total. The fourth-order valence-corrected chi connectivity index (χ4v) is 3.01. The second-order valence-corrected chi connectivity index (χ2v) is 6.29. The van der Waals surface area contributed by atoms with Crippen LogP contribution >= 0.6 is 11.3 Å². The van der Waals surface area contributed by atoms with Gasteiger partial charge in [-0.05, 0) is 38.1 Å². The minimum Gasteiger partial charge on any atom is -0.378 e. The Labute approximate surface area is 144 Å². The molecular formula is C17H18N4O2S. The maximum absolute atomic E-state index is 12.2.